The van der Waals surface area contributed by atoms with Crippen LogP contribution in [0.3, 0.4) is 0 Å². The summed E-state index contributed by atoms with van der Waals surface area (Å²) in [4.78, 5) is 27.2. The molecule has 4 aromatic rings. The number of para-hydroxylation sites is 3. The number of rotatable bonds is 6. The Morgan fingerprint density at radius 1 is 1.16 bits per heavy atom. The number of ether oxygens (including phenoxy) is 1. The van der Waals surface area contributed by atoms with Crippen molar-refractivity contribution in [1.82, 2.24) is 19.4 Å². The lowest BCUT2D eigenvalue weighted by Crippen LogP contribution is -2.27. The van der Waals surface area contributed by atoms with E-state index in [1.165, 1.54) is 0 Å². The van der Waals surface area contributed by atoms with Crippen LogP contribution in [0.1, 0.15) is 12.8 Å². The van der Waals surface area contributed by atoms with Crippen molar-refractivity contribution < 1.29 is 27.8 Å². The third-order valence-electron chi connectivity index (χ3n) is 6.15. The van der Waals surface area contributed by atoms with E-state index in [1.807, 2.05) is 48.0 Å². The molecule has 0 bridgehead atoms. The van der Waals surface area contributed by atoms with Gasteiger partial charge in [-0.15, -0.1) is 0 Å². The number of carbonyl (C=O) groups is 1. The van der Waals surface area contributed by atoms with Gasteiger partial charge < -0.3 is 24.3 Å². The number of alkyl halides is 3. The minimum absolute atomic E-state index is 0.0519. The molecule has 8 nitrogen and oxygen atoms in total. The number of halogens is 3. The molecular formula is C26H27F3N4O4. The number of carboxylic acid groups (broad SMARTS) is 1. The third kappa shape index (κ3) is 5.83. The Morgan fingerprint density at radius 2 is 1.84 bits per heavy atom. The fraction of sp³-hybridized carbons (Fsp3) is 0.346. The van der Waals surface area contributed by atoms with Crippen LogP contribution in [0.25, 0.3) is 33.2 Å². The van der Waals surface area contributed by atoms with Crippen LogP contribution in [-0.4, -0.2) is 57.7 Å². The van der Waals surface area contributed by atoms with Crippen molar-refractivity contribution in [2.24, 2.45) is 0 Å². The first-order chi connectivity index (χ1) is 17.7. The monoisotopic (exact) mass is 516 g/mol. The van der Waals surface area contributed by atoms with Crippen molar-refractivity contribution >= 4 is 27.9 Å². The Labute approximate surface area is 210 Å². The summed E-state index contributed by atoms with van der Waals surface area (Å²) in [5.74, 6) is -2.76. The van der Waals surface area contributed by atoms with Gasteiger partial charge in [0, 0.05) is 48.9 Å². The lowest BCUT2D eigenvalue weighted by atomic mass is 10.1. The normalized spacial score (nSPS) is 15.6. The van der Waals surface area contributed by atoms with Crippen LogP contribution in [0.5, 0.6) is 0 Å². The highest BCUT2D eigenvalue weighted by atomic mass is 19.4. The molecule has 2 aromatic heterocycles. The van der Waals surface area contributed by atoms with Gasteiger partial charge in [-0.05, 0) is 38.1 Å². The number of hydrogen-bond acceptors (Lipinski definition) is 5. The molecule has 5 rings (SSSR count). The lowest BCUT2D eigenvalue weighted by molar-refractivity contribution is -0.192. The molecule has 1 aliphatic rings. The molecule has 0 spiro atoms. The van der Waals surface area contributed by atoms with Crippen molar-refractivity contribution in [2.45, 2.75) is 38.2 Å². The van der Waals surface area contributed by atoms with Crippen LogP contribution in [-0.2, 0) is 22.6 Å². The number of aromatic nitrogens is 3. The highest BCUT2D eigenvalue weighted by molar-refractivity contribution is 5.96. The summed E-state index contributed by atoms with van der Waals surface area (Å²) in [6.45, 7) is 2.94. The average molecular weight is 517 g/mol. The van der Waals surface area contributed by atoms with E-state index in [-0.39, 0.29) is 11.7 Å². The van der Waals surface area contributed by atoms with Gasteiger partial charge in [-0.2, -0.15) is 13.2 Å². The van der Waals surface area contributed by atoms with Crippen molar-refractivity contribution in [3.63, 3.8) is 0 Å². The first kappa shape index (κ1) is 26.4. The predicted octanol–water partition coefficient (Wildman–Crippen LogP) is 4.05. The maximum absolute atomic E-state index is 13.5. The van der Waals surface area contributed by atoms with Gasteiger partial charge in [0.1, 0.15) is 5.69 Å². The second kappa shape index (κ2) is 11.1. The zero-order valence-electron chi connectivity index (χ0n) is 20.2. The zero-order chi connectivity index (χ0) is 26.6. The summed E-state index contributed by atoms with van der Waals surface area (Å²) in [7, 11) is 1.90. The van der Waals surface area contributed by atoms with E-state index in [2.05, 4.69) is 28.2 Å². The van der Waals surface area contributed by atoms with E-state index in [9.17, 15) is 18.0 Å². The molecule has 2 N–H and O–H groups in total. The second-order valence-corrected chi connectivity index (χ2v) is 8.66. The molecule has 1 saturated heterocycles. The molecule has 1 unspecified atom stereocenters. The Bertz CT molecular complexity index is 1460. The average Bonchev–Trinajstić information content (AvgIpc) is 3.52. The maximum atomic E-state index is 13.5. The number of fused-ring (bicyclic) bond motifs is 2. The smallest absolute Gasteiger partial charge is 0.475 e. The molecule has 2 aromatic carbocycles. The number of hydrogen-bond donors (Lipinski definition) is 2. The molecule has 3 heterocycles. The van der Waals surface area contributed by atoms with Gasteiger partial charge in [-0.1, -0.05) is 30.3 Å². The quantitative estimate of drug-likeness (QED) is 0.401. The van der Waals surface area contributed by atoms with Gasteiger partial charge in [-0.25, -0.2) is 9.78 Å². The summed E-state index contributed by atoms with van der Waals surface area (Å²) >= 11 is 0. The van der Waals surface area contributed by atoms with E-state index in [4.69, 9.17) is 19.6 Å². The highest BCUT2D eigenvalue weighted by Gasteiger charge is 2.38. The minimum Gasteiger partial charge on any atom is -0.475 e. The first-order valence-electron chi connectivity index (χ1n) is 11.8. The SMILES string of the molecule is CNCCn1c(=O)c(-c2cn(CC3CCCO3)c3ccccc23)nc2ccccc21.O=C(O)C(F)(F)F. The third-order valence-corrected chi connectivity index (χ3v) is 6.15. The number of benzene rings is 2. The van der Waals surface area contributed by atoms with Crippen LogP contribution in [0.15, 0.2) is 59.5 Å². The van der Waals surface area contributed by atoms with Crippen molar-refractivity contribution in [3.05, 3.63) is 65.1 Å². The zero-order valence-corrected chi connectivity index (χ0v) is 20.2. The van der Waals surface area contributed by atoms with E-state index in [0.717, 1.165) is 53.5 Å². The molecule has 196 valence electrons. The van der Waals surface area contributed by atoms with E-state index in [1.54, 1.807) is 0 Å². The van der Waals surface area contributed by atoms with Gasteiger partial charge >= 0.3 is 12.1 Å². The number of aliphatic carboxylic acids is 1. The van der Waals surface area contributed by atoms with Gasteiger partial charge in [-0.3, -0.25) is 4.79 Å². The van der Waals surface area contributed by atoms with Crippen LogP contribution < -0.4 is 10.9 Å². The van der Waals surface area contributed by atoms with Crippen LogP contribution in [0.4, 0.5) is 13.2 Å². The fourth-order valence-corrected chi connectivity index (χ4v) is 4.41. The van der Waals surface area contributed by atoms with E-state index < -0.39 is 12.1 Å². The molecule has 1 aliphatic heterocycles. The van der Waals surface area contributed by atoms with Crippen molar-refractivity contribution in [1.29, 1.82) is 0 Å². The Balaban J connectivity index is 0.000000405. The number of carboxylic acids is 1. The minimum atomic E-state index is -5.08. The van der Waals surface area contributed by atoms with E-state index in [0.29, 0.717) is 18.8 Å². The highest BCUT2D eigenvalue weighted by Crippen LogP contribution is 2.30. The molecular weight excluding hydrogens is 489 g/mol. The maximum Gasteiger partial charge on any atom is 0.490 e. The molecule has 0 amide bonds. The van der Waals surface area contributed by atoms with Gasteiger partial charge in [0.05, 0.1) is 17.1 Å². The first-order valence-corrected chi connectivity index (χ1v) is 11.8. The Morgan fingerprint density at radius 3 is 2.49 bits per heavy atom. The Hall–Kier alpha value is -3.70. The van der Waals surface area contributed by atoms with Gasteiger partial charge in [0.15, 0.2) is 0 Å². The topological polar surface area (TPSA) is 98.4 Å². The summed E-state index contributed by atoms with van der Waals surface area (Å²) < 4.78 is 41.6. The molecule has 1 atom stereocenters. The van der Waals surface area contributed by atoms with Gasteiger partial charge in [0.25, 0.3) is 5.56 Å². The number of nitrogens with zero attached hydrogens (tertiary/aromatic N) is 3. The van der Waals surface area contributed by atoms with Crippen molar-refractivity contribution in [2.75, 3.05) is 20.2 Å². The second-order valence-electron chi connectivity index (χ2n) is 8.66. The number of likely N-dealkylation sites (N-methyl/N-ethyl adjacent to an activating group) is 1. The fourth-order valence-electron chi connectivity index (χ4n) is 4.41. The molecule has 0 saturated carbocycles. The molecule has 0 aliphatic carbocycles. The molecule has 11 heteroatoms. The standard InChI is InChI=1S/C24H26N4O2.C2HF3O2/c1-25-12-13-28-22-11-5-3-9-20(22)26-23(24(28)29)19-16-27(15-17-7-6-14-30-17)21-10-4-2-8-18(19)21;3-2(4,5)1(6)7/h2-5,8-11,16-17,25H,6-7,12-15H2,1H3;(H,6,7). The summed E-state index contributed by atoms with van der Waals surface area (Å²) in [5, 5.41) is 11.3. The van der Waals surface area contributed by atoms with E-state index >= 15 is 0 Å². The van der Waals surface area contributed by atoms with Crippen LogP contribution in [0.2, 0.25) is 0 Å². The molecule has 0 radical (unpaired) electrons. The summed E-state index contributed by atoms with van der Waals surface area (Å²) in [5.41, 5.74) is 4.15. The van der Waals surface area contributed by atoms with Crippen LogP contribution in [0, 0.1) is 0 Å². The largest absolute Gasteiger partial charge is 0.490 e. The summed E-state index contributed by atoms with van der Waals surface area (Å²) in [6.07, 6.45) is -0.593. The van der Waals surface area contributed by atoms with Gasteiger partial charge in [0.2, 0.25) is 0 Å². The van der Waals surface area contributed by atoms with Crippen molar-refractivity contribution in [3.8, 4) is 11.3 Å². The van der Waals surface area contributed by atoms with Crippen LogP contribution >= 0.6 is 0 Å². The lowest BCUT2D eigenvalue weighted by Gasteiger charge is -2.12. The summed E-state index contributed by atoms with van der Waals surface area (Å²) in [6, 6.07) is 16.1. The molecule has 37 heavy (non-hydrogen) atoms. The Kier molecular flexibility index (Phi) is 7.94. The number of nitrogens with one attached hydrogen (secondary N) is 1. The molecule has 1 fully saturated rings. The predicted molar refractivity (Wildman–Crippen MR) is 134 cm³/mol.